The number of carbonyl (C=O) groups excluding carboxylic acids is 1. The minimum absolute atomic E-state index is 0.0158. The van der Waals surface area contributed by atoms with Crippen LogP contribution in [0.2, 0.25) is 0 Å². The summed E-state index contributed by atoms with van der Waals surface area (Å²) in [7, 11) is 0. The number of aromatic nitrogens is 1. The number of amides is 1. The number of hydrogen-bond donors (Lipinski definition) is 2. The second-order valence-corrected chi connectivity index (χ2v) is 7.16. The van der Waals surface area contributed by atoms with E-state index >= 15 is 0 Å². The number of non-ortho nitro benzene ring substituents is 1. The Hall–Kier alpha value is -3.93. The third kappa shape index (κ3) is 4.22. The van der Waals surface area contributed by atoms with E-state index < -0.39 is 4.92 Å². The second-order valence-electron chi connectivity index (χ2n) is 7.16. The number of rotatable bonds is 7. The molecule has 3 aromatic carbocycles. The molecular formula is C24H21N3O3. The van der Waals surface area contributed by atoms with E-state index in [-0.39, 0.29) is 23.9 Å². The molecule has 1 amide bonds. The standard InChI is InChI=1S/C24H21N3O3/c28-24(26-15-17-7-2-1-3-8-17)14-21(18-9-6-10-19(13-18)27(29)30)22-16-25-23-12-5-4-11-20(22)23/h1-13,16,21,25H,14-15H2,(H,26,28)/t21-/m0/s1. The lowest BCUT2D eigenvalue weighted by Crippen LogP contribution is -2.25. The Bertz CT molecular complexity index is 1180. The number of nitro groups is 1. The molecule has 30 heavy (non-hydrogen) atoms. The lowest BCUT2D eigenvalue weighted by molar-refractivity contribution is -0.384. The van der Waals surface area contributed by atoms with Gasteiger partial charge in [-0.25, -0.2) is 0 Å². The second kappa shape index (κ2) is 8.61. The van der Waals surface area contributed by atoms with Crippen LogP contribution in [0.15, 0.2) is 85.1 Å². The van der Waals surface area contributed by atoms with Crippen LogP contribution in [-0.2, 0) is 11.3 Å². The SMILES string of the molecule is O=C(C[C@@H](c1cccc([N+](=O)[O-])c1)c1c[nH]c2ccccc12)NCc1ccccc1. The number of H-pyrrole nitrogens is 1. The summed E-state index contributed by atoms with van der Waals surface area (Å²) >= 11 is 0. The van der Waals surface area contributed by atoms with Crippen LogP contribution in [-0.4, -0.2) is 15.8 Å². The summed E-state index contributed by atoms with van der Waals surface area (Å²) in [5.74, 6) is -0.419. The van der Waals surface area contributed by atoms with E-state index in [1.165, 1.54) is 6.07 Å². The predicted octanol–water partition coefficient (Wildman–Crippen LogP) is 4.91. The van der Waals surface area contributed by atoms with Crippen LogP contribution in [0.4, 0.5) is 5.69 Å². The van der Waals surface area contributed by atoms with Gasteiger partial charge in [0, 0.05) is 48.1 Å². The molecular weight excluding hydrogens is 378 g/mol. The molecule has 4 aromatic rings. The maximum absolute atomic E-state index is 12.8. The van der Waals surface area contributed by atoms with E-state index in [1.54, 1.807) is 12.1 Å². The van der Waals surface area contributed by atoms with Crippen LogP contribution >= 0.6 is 0 Å². The van der Waals surface area contributed by atoms with E-state index in [0.717, 1.165) is 27.6 Å². The van der Waals surface area contributed by atoms with Crippen molar-refractivity contribution >= 4 is 22.5 Å². The Morgan fingerprint density at radius 2 is 1.77 bits per heavy atom. The number of para-hydroxylation sites is 1. The molecule has 4 rings (SSSR count). The van der Waals surface area contributed by atoms with E-state index in [9.17, 15) is 14.9 Å². The first-order chi connectivity index (χ1) is 14.6. The average molecular weight is 399 g/mol. The molecule has 0 saturated heterocycles. The van der Waals surface area contributed by atoms with E-state index in [2.05, 4.69) is 10.3 Å². The molecule has 0 saturated carbocycles. The lowest BCUT2D eigenvalue weighted by Gasteiger charge is -2.17. The normalized spacial score (nSPS) is 11.9. The van der Waals surface area contributed by atoms with Gasteiger partial charge in [0.15, 0.2) is 0 Å². The summed E-state index contributed by atoms with van der Waals surface area (Å²) in [6.07, 6.45) is 2.08. The molecule has 0 aliphatic rings. The van der Waals surface area contributed by atoms with Gasteiger partial charge in [0.2, 0.25) is 5.91 Å². The molecule has 150 valence electrons. The maximum Gasteiger partial charge on any atom is 0.269 e. The van der Waals surface area contributed by atoms with Gasteiger partial charge in [-0.3, -0.25) is 14.9 Å². The van der Waals surface area contributed by atoms with Crippen molar-refractivity contribution in [3.05, 3.63) is 112 Å². The van der Waals surface area contributed by atoms with Crippen molar-refractivity contribution in [1.29, 1.82) is 0 Å². The third-order valence-electron chi connectivity index (χ3n) is 5.20. The smallest absolute Gasteiger partial charge is 0.269 e. The summed E-state index contributed by atoms with van der Waals surface area (Å²) in [6, 6.07) is 24.1. The van der Waals surface area contributed by atoms with Gasteiger partial charge in [0.25, 0.3) is 5.69 Å². The van der Waals surface area contributed by atoms with Gasteiger partial charge < -0.3 is 10.3 Å². The van der Waals surface area contributed by atoms with Gasteiger partial charge >= 0.3 is 0 Å². The quantitative estimate of drug-likeness (QED) is 0.342. The van der Waals surface area contributed by atoms with Crippen LogP contribution in [0.3, 0.4) is 0 Å². The lowest BCUT2D eigenvalue weighted by atomic mass is 9.87. The van der Waals surface area contributed by atoms with Gasteiger partial charge in [-0.1, -0.05) is 60.7 Å². The van der Waals surface area contributed by atoms with Gasteiger partial charge in [-0.05, 0) is 22.8 Å². The van der Waals surface area contributed by atoms with Crippen molar-refractivity contribution in [2.24, 2.45) is 0 Å². The van der Waals surface area contributed by atoms with Crippen molar-refractivity contribution in [2.75, 3.05) is 0 Å². The monoisotopic (exact) mass is 399 g/mol. The van der Waals surface area contributed by atoms with Crippen LogP contribution in [0.1, 0.15) is 29.0 Å². The minimum atomic E-state index is -0.411. The molecule has 0 radical (unpaired) electrons. The highest BCUT2D eigenvalue weighted by Gasteiger charge is 2.23. The highest BCUT2D eigenvalue weighted by atomic mass is 16.6. The molecule has 0 fully saturated rings. The molecule has 0 spiro atoms. The zero-order valence-corrected chi connectivity index (χ0v) is 16.2. The van der Waals surface area contributed by atoms with E-state index in [4.69, 9.17) is 0 Å². The van der Waals surface area contributed by atoms with E-state index in [1.807, 2.05) is 66.9 Å². The summed E-state index contributed by atoms with van der Waals surface area (Å²) in [5, 5.41) is 15.2. The number of nitrogens with one attached hydrogen (secondary N) is 2. The molecule has 0 unspecified atom stereocenters. The number of hydrogen-bond acceptors (Lipinski definition) is 3. The number of nitro benzene ring substituents is 1. The summed E-state index contributed by atoms with van der Waals surface area (Å²) < 4.78 is 0. The molecule has 6 nitrogen and oxygen atoms in total. The largest absolute Gasteiger partial charge is 0.361 e. The Balaban J connectivity index is 1.64. The molecule has 6 heteroatoms. The van der Waals surface area contributed by atoms with Crippen LogP contribution in [0.25, 0.3) is 10.9 Å². The Kier molecular flexibility index (Phi) is 5.57. The zero-order valence-electron chi connectivity index (χ0n) is 16.2. The fraction of sp³-hybridized carbons (Fsp3) is 0.125. The topological polar surface area (TPSA) is 88.0 Å². The molecule has 1 atom stereocenters. The van der Waals surface area contributed by atoms with Crippen LogP contribution in [0, 0.1) is 10.1 Å². The fourth-order valence-corrected chi connectivity index (χ4v) is 3.70. The summed E-state index contributed by atoms with van der Waals surface area (Å²) in [4.78, 5) is 26.9. The van der Waals surface area contributed by atoms with Crippen LogP contribution in [0.5, 0.6) is 0 Å². The van der Waals surface area contributed by atoms with Crippen molar-refractivity contribution in [1.82, 2.24) is 10.3 Å². The number of nitrogens with zero attached hydrogens (tertiary/aromatic N) is 1. The number of fused-ring (bicyclic) bond motifs is 1. The summed E-state index contributed by atoms with van der Waals surface area (Å²) in [6.45, 7) is 0.440. The summed E-state index contributed by atoms with van der Waals surface area (Å²) in [5.41, 5.74) is 3.68. The minimum Gasteiger partial charge on any atom is -0.361 e. The van der Waals surface area contributed by atoms with Crippen molar-refractivity contribution in [3.63, 3.8) is 0 Å². The van der Waals surface area contributed by atoms with E-state index in [0.29, 0.717) is 6.54 Å². The third-order valence-corrected chi connectivity index (χ3v) is 5.20. The number of aromatic amines is 1. The molecule has 0 aliphatic carbocycles. The average Bonchev–Trinajstić information content (AvgIpc) is 3.21. The maximum atomic E-state index is 12.8. The Labute approximate surface area is 173 Å². The Morgan fingerprint density at radius 1 is 1.00 bits per heavy atom. The molecule has 1 heterocycles. The molecule has 0 bridgehead atoms. The highest BCUT2D eigenvalue weighted by Crippen LogP contribution is 2.34. The molecule has 0 aliphatic heterocycles. The highest BCUT2D eigenvalue weighted by molar-refractivity contribution is 5.86. The molecule has 1 aromatic heterocycles. The van der Waals surface area contributed by atoms with Gasteiger partial charge in [-0.2, -0.15) is 0 Å². The first kappa shape index (κ1) is 19.4. The first-order valence-electron chi connectivity index (χ1n) is 9.73. The zero-order chi connectivity index (χ0) is 20.9. The van der Waals surface area contributed by atoms with Crippen LogP contribution < -0.4 is 5.32 Å². The van der Waals surface area contributed by atoms with Crippen molar-refractivity contribution in [3.8, 4) is 0 Å². The van der Waals surface area contributed by atoms with Gasteiger partial charge in [0.1, 0.15) is 0 Å². The first-order valence-corrected chi connectivity index (χ1v) is 9.73. The molecule has 2 N–H and O–H groups in total. The van der Waals surface area contributed by atoms with Crippen molar-refractivity contribution < 1.29 is 9.72 Å². The number of carbonyl (C=O) groups is 1. The fourth-order valence-electron chi connectivity index (χ4n) is 3.70. The van der Waals surface area contributed by atoms with Gasteiger partial charge in [0.05, 0.1) is 4.92 Å². The van der Waals surface area contributed by atoms with Crippen molar-refractivity contribution in [2.45, 2.75) is 18.9 Å². The predicted molar refractivity (Wildman–Crippen MR) is 116 cm³/mol. The number of benzene rings is 3. The van der Waals surface area contributed by atoms with Gasteiger partial charge in [-0.15, -0.1) is 0 Å². The Morgan fingerprint density at radius 3 is 2.57 bits per heavy atom.